The first-order valence-electron chi connectivity index (χ1n) is 10.1. The van der Waals surface area contributed by atoms with Gasteiger partial charge < -0.3 is 15.0 Å². The number of hydrogen-bond donors (Lipinski definition) is 1. The van der Waals surface area contributed by atoms with E-state index in [1.54, 1.807) is 4.90 Å². The van der Waals surface area contributed by atoms with Crippen molar-refractivity contribution in [2.45, 2.75) is 44.9 Å². The van der Waals surface area contributed by atoms with E-state index in [1.165, 1.54) is 4.68 Å². The van der Waals surface area contributed by atoms with E-state index in [0.717, 1.165) is 25.0 Å². The van der Waals surface area contributed by atoms with Crippen LogP contribution in [0.4, 0.5) is 23.5 Å². The molecule has 3 atom stereocenters. The highest BCUT2D eigenvalue weighted by Gasteiger charge is 2.42. The Kier molecular flexibility index (Phi) is 5.41. The Bertz CT molecular complexity index is 985. The van der Waals surface area contributed by atoms with Gasteiger partial charge in [0.1, 0.15) is 0 Å². The molecule has 11 heteroatoms. The molecule has 0 amide bonds. The monoisotopic (exact) mass is 438 g/mol. The molecule has 0 spiro atoms. The quantitative estimate of drug-likeness (QED) is 0.550. The maximum absolute atomic E-state index is 14.4. The van der Waals surface area contributed by atoms with E-state index >= 15 is 0 Å². The fourth-order valence-electron chi connectivity index (χ4n) is 4.37. The van der Waals surface area contributed by atoms with Crippen LogP contribution in [0.3, 0.4) is 0 Å². The molecule has 1 saturated carbocycles. The fourth-order valence-corrected chi connectivity index (χ4v) is 4.37. The summed E-state index contributed by atoms with van der Waals surface area (Å²) in [4.78, 5) is 6.04. The van der Waals surface area contributed by atoms with E-state index in [2.05, 4.69) is 21.6 Å². The summed E-state index contributed by atoms with van der Waals surface area (Å²) in [6.45, 7) is 4.94. The molecule has 1 aliphatic heterocycles. The van der Waals surface area contributed by atoms with Crippen LogP contribution in [0, 0.1) is 29.1 Å². The van der Waals surface area contributed by atoms with Gasteiger partial charge in [-0.3, -0.25) is 0 Å². The van der Waals surface area contributed by atoms with Gasteiger partial charge >= 0.3 is 12.2 Å². The van der Waals surface area contributed by atoms with E-state index in [1.807, 2.05) is 13.8 Å². The molecule has 0 radical (unpaired) electrons. The Morgan fingerprint density at radius 3 is 2.48 bits per heavy atom. The highest BCUT2D eigenvalue weighted by Crippen LogP contribution is 2.39. The second-order valence-corrected chi connectivity index (χ2v) is 8.25. The Balaban J connectivity index is 1.58. The van der Waals surface area contributed by atoms with Crippen LogP contribution >= 0.6 is 0 Å². The summed E-state index contributed by atoms with van der Waals surface area (Å²) in [5.41, 5.74) is -1.40. The zero-order valence-corrected chi connectivity index (χ0v) is 17.0. The maximum atomic E-state index is 14.4. The number of benzene rings is 1. The van der Waals surface area contributed by atoms with Crippen LogP contribution in [0.15, 0.2) is 18.2 Å². The van der Waals surface area contributed by atoms with Crippen LogP contribution in [0.5, 0.6) is 11.8 Å². The summed E-state index contributed by atoms with van der Waals surface area (Å²) < 4.78 is 60.3. The summed E-state index contributed by atoms with van der Waals surface area (Å²) in [6.07, 6.45) is -0.654. The zero-order valence-electron chi connectivity index (χ0n) is 17.0. The number of anilines is 1. The van der Waals surface area contributed by atoms with Crippen LogP contribution in [-0.4, -0.2) is 38.8 Å². The molecule has 2 aromatic rings. The number of fused-ring (bicyclic) bond motifs is 2. The summed E-state index contributed by atoms with van der Waals surface area (Å²) in [6, 6.07) is 2.63. The summed E-state index contributed by atoms with van der Waals surface area (Å²) in [5.74, 6) is -1.25. The largest absolute Gasteiger partial charge is 0.421 e. The molecular weight excluding hydrogens is 416 g/mol. The van der Waals surface area contributed by atoms with Gasteiger partial charge in [-0.2, -0.15) is 23.4 Å². The number of hydrogen-bond acceptors (Lipinski definition) is 6. The lowest BCUT2D eigenvalue weighted by Gasteiger charge is -2.35. The molecular formula is C20H22F4N6O. The standard InChI is InChI=1S/C20H22F4N6O/c1-11(2)30-19(31-15-5-3-4-14(16(15)21)20(22,23)24)27-18(28-30)26-17-12-6-7-13(17)9-29(8-12)10-25/h3-5,11-13,17H,6-9H2,1-2H3,(H,26,28)/t12-,13+,17-. The second-order valence-electron chi connectivity index (χ2n) is 8.25. The molecule has 2 heterocycles. The third-order valence-corrected chi connectivity index (χ3v) is 5.83. The van der Waals surface area contributed by atoms with E-state index < -0.39 is 23.3 Å². The molecule has 1 aromatic heterocycles. The van der Waals surface area contributed by atoms with Crippen molar-refractivity contribution in [3.8, 4) is 18.0 Å². The third-order valence-electron chi connectivity index (χ3n) is 5.83. The number of piperidine rings is 1. The van der Waals surface area contributed by atoms with E-state index in [0.29, 0.717) is 19.2 Å². The molecule has 31 heavy (non-hydrogen) atoms. The first kappa shape index (κ1) is 21.2. The minimum Gasteiger partial charge on any atom is -0.421 e. The van der Waals surface area contributed by atoms with Gasteiger partial charge in [0, 0.05) is 19.1 Å². The Hall–Kier alpha value is -3.03. The average molecular weight is 438 g/mol. The normalized spacial score (nSPS) is 23.2. The number of nitrogens with one attached hydrogen (secondary N) is 1. The molecule has 4 rings (SSSR count). The Labute approximate surface area is 176 Å². The highest BCUT2D eigenvalue weighted by atomic mass is 19.4. The molecule has 7 nitrogen and oxygen atoms in total. The number of nitrogens with zero attached hydrogens (tertiary/aromatic N) is 5. The summed E-state index contributed by atoms with van der Waals surface area (Å²) in [5, 5.41) is 16.9. The van der Waals surface area contributed by atoms with Gasteiger partial charge in [0.15, 0.2) is 17.8 Å². The number of aromatic nitrogens is 3. The molecule has 2 bridgehead atoms. The molecule has 0 unspecified atom stereocenters. The van der Waals surface area contributed by atoms with Crippen molar-refractivity contribution in [2.24, 2.45) is 11.8 Å². The zero-order chi connectivity index (χ0) is 22.3. The van der Waals surface area contributed by atoms with Gasteiger partial charge in [0.25, 0.3) is 0 Å². The second kappa shape index (κ2) is 7.90. The van der Waals surface area contributed by atoms with Crippen LogP contribution in [0.2, 0.25) is 0 Å². The van der Waals surface area contributed by atoms with Crippen molar-refractivity contribution in [1.29, 1.82) is 5.26 Å². The van der Waals surface area contributed by atoms with Gasteiger partial charge in [-0.15, -0.1) is 5.10 Å². The SMILES string of the molecule is CC(C)n1nc(N[C@@H]2[C@@H]3CC[C@H]2CN(C#N)C3)nc1Oc1cccc(C(F)(F)F)c1F. The molecule has 1 aliphatic carbocycles. The summed E-state index contributed by atoms with van der Waals surface area (Å²) >= 11 is 0. The molecule has 1 aromatic carbocycles. The van der Waals surface area contributed by atoms with Gasteiger partial charge in [-0.1, -0.05) is 6.07 Å². The van der Waals surface area contributed by atoms with Crippen molar-refractivity contribution in [3.63, 3.8) is 0 Å². The van der Waals surface area contributed by atoms with E-state index in [-0.39, 0.29) is 35.9 Å². The van der Waals surface area contributed by atoms with Crippen LogP contribution in [0.1, 0.15) is 38.3 Å². The first-order valence-corrected chi connectivity index (χ1v) is 10.1. The number of likely N-dealkylation sites (tertiary alicyclic amines) is 1. The third kappa shape index (κ3) is 4.11. The predicted molar refractivity (Wildman–Crippen MR) is 103 cm³/mol. The van der Waals surface area contributed by atoms with Gasteiger partial charge in [0.2, 0.25) is 5.95 Å². The van der Waals surface area contributed by atoms with Crippen molar-refractivity contribution in [2.75, 3.05) is 18.4 Å². The van der Waals surface area contributed by atoms with Crippen LogP contribution in [-0.2, 0) is 6.18 Å². The van der Waals surface area contributed by atoms with Gasteiger partial charge in [-0.05, 0) is 50.7 Å². The molecule has 2 fully saturated rings. The van der Waals surface area contributed by atoms with Crippen molar-refractivity contribution in [3.05, 3.63) is 29.6 Å². The van der Waals surface area contributed by atoms with Crippen LogP contribution in [0.25, 0.3) is 0 Å². The Morgan fingerprint density at radius 1 is 1.23 bits per heavy atom. The smallest absolute Gasteiger partial charge is 0.419 e. The summed E-state index contributed by atoms with van der Waals surface area (Å²) in [7, 11) is 0. The molecule has 2 aliphatic rings. The fraction of sp³-hybridized carbons (Fsp3) is 0.550. The number of halogens is 4. The molecule has 1 saturated heterocycles. The molecule has 1 N–H and O–H groups in total. The number of nitriles is 1. The number of ether oxygens (including phenoxy) is 1. The Morgan fingerprint density at radius 2 is 1.90 bits per heavy atom. The topological polar surface area (TPSA) is 79.0 Å². The lowest BCUT2D eigenvalue weighted by atomic mass is 9.92. The lowest BCUT2D eigenvalue weighted by molar-refractivity contribution is -0.140. The van der Waals surface area contributed by atoms with E-state index in [9.17, 15) is 22.8 Å². The minimum atomic E-state index is -4.83. The maximum Gasteiger partial charge on any atom is 0.419 e. The lowest BCUT2D eigenvalue weighted by Crippen LogP contribution is -2.46. The average Bonchev–Trinajstić information content (AvgIpc) is 3.19. The number of alkyl halides is 3. The van der Waals surface area contributed by atoms with Gasteiger partial charge in [0.05, 0.1) is 11.6 Å². The first-order chi connectivity index (χ1) is 14.7. The highest BCUT2D eigenvalue weighted by molar-refractivity contribution is 5.36. The van der Waals surface area contributed by atoms with Crippen molar-refractivity contribution < 1.29 is 22.3 Å². The van der Waals surface area contributed by atoms with E-state index in [4.69, 9.17) is 4.74 Å². The number of rotatable bonds is 5. The minimum absolute atomic E-state index is 0.0887. The van der Waals surface area contributed by atoms with Gasteiger partial charge in [-0.25, -0.2) is 9.07 Å². The molecule has 166 valence electrons. The van der Waals surface area contributed by atoms with Crippen molar-refractivity contribution in [1.82, 2.24) is 19.7 Å². The van der Waals surface area contributed by atoms with Crippen LogP contribution < -0.4 is 10.1 Å². The predicted octanol–water partition coefficient (Wildman–Crippen LogP) is 4.41. The van der Waals surface area contributed by atoms with Crippen molar-refractivity contribution >= 4 is 5.95 Å².